The van der Waals surface area contributed by atoms with Crippen molar-refractivity contribution < 1.29 is 4.74 Å². The molecule has 1 aliphatic carbocycles. The number of thiazole rings is 1. The van der Waals surface area contributed by atoms with Crippen LogP contribution in [0.1, 0.15) is 57.1 Å². The highest BCUT2D eigenvalue weighted by Crippen LogP contribution is 2.38. The highest BCUT2D eigenvalue weighted by molar-refractivity contribution is 7.15. The molecule has 0 bridgehead atoms. The van der Waals surface area contributed by atoms with Gasteiger partial charge in [-0.25, -0.2) is 4.98 Å². The zero-order valence-electron chi connectivity index (χ0n) is 13.6. The van der Waals surface area contributed by atoms with Crippen LogP contribution in [0.5, 0.6) is 0 Å². The Labute approximate surface area is 131 Å². The summed E-state index contributed by atoms with van der Waals surface area (Å²) in [6.07, 6.45) is 3.95. The highest BCUT2D eigenvalue weighted by Gasteiger charge is 2.34. The Hall–Kier alpha value is -0.650. The fourth-order valence-corrected chi connectivity index (χ4v) is 4.76. The average molecular weight is 309 g/mol. The summed E-state index contributed by atoms with van der Waals surface area (Å²) in [7, 11) is 0. The fraction of sp³-hybridized carbons (Fsp3) is 0.812. The van der Waals surface area contributed by atoms with Crippen LogP contribution in [0, 0.1) is 0 Å². The third-order valence-electron chi connectivity index (χ3n) is 4.23. The normalized spacial score (nSPS) is 28.5. The van der Waals surface area contributed by atoms with E-state index in [2.05, 4.69) is 37.9 Å². The maximum atomic E-state index is 6.01. The van der Waals surface area contributed by atoms with Crippen LogP contribution < -0.4 is 10.2 Å². The second kappa shape index (κ2) is 5.86. The number of aromatic nitrogens is 1. The van der Waals surface area contributed by atoms with E-state index in [1.54, 1.807) is 0 Å². The van der Waals surface area contributed by atoms with Crippen LogP contribution in [-0.2, 0) is 11.2 Å². The fourth-order valence-electron chi connectivity index (χ4n) is 3.59. The highest BCUT2D eigenvalue weighted by atomic mass is 32.1. The summed E-state index contributed by atoms with van der Waals surface area (Å²) in [6.45, 7) is 11.6. The first-order valence-corrected chi connectivity index (χ1v) is 8.96. The van der Waals surface area contributed by atoms with Gasteiger partial charge < -0.3 is 15.0 Å². The van der Waals surface area contributed by atoms with Gasteiger partial charge in [0.05, 0.1) is 23.4 Å². The zero-order chi connectivity index (χ0) is 15.0. The van der Waals surface area contributed by atoms with Gasteiger partial charge in [-0.3, -0.25) is 0 Å². The van der Waals surface area contributed by atoms with E-state index in [-0.39, 0.29) is 11.7 Å². The van der Waals surface area contributed by atoms with Crippen molar-refractivity contribution in [1.82, 2.24) is 10.3 Å². The van der Waals surface area contributed by atoms with Gasteiger partial charge in [-0.2, -0.15) is 0 Å². The minimum absolute atomic E-state index is 0.0923. The van der Waals surface area contributed by atoms with Gasteiger partial charge in [-0.05, 0) is 46.6 Å². The summed E-state index contributed by atoms with van der Waals surface area (Å²) < 4.78 is 6.01. The Balaban J connectivity index is 1.83. The molecule has 0 amide bonds. The van der Waals surface area contributed by atoms with E-state index >= 15 is 0 Å². The predicted octanol–water partition coefficient (Wildman–Crippen LogP) is 3.13. The van der Waals surface area contributed by atoms with Crippen LogP contribution in [-0.4, -0.2) is 36.3 Å². The molecular formula is C16H27N3OS. The molecule has 1 aliphatic heterocycles. The standard InChI is InChI=1S/C16H27N3OS/c1-5-17-12-7-6-8-13-14(12)18-15(21-13)19-9-11(2)20-16(3,4)10-19/h11-12,17H,5-10H2,1-4H3. The van der Waals surface area contributed by atoms with Crippen molar-refractivity contribution in [3.8, 4) is 0 Å². The molecule has 1 N–H and O–H groups in total. The van der Waals surface area contributed by atoms with Gasteiger partial charge in [0.2, 0.25) is 0 Å². The van der Waals surface area contributed by atoms with Gasteiger partial charge in [0.15, 0.2) is 5.13 Å². The van der Waals surface area contributed by atoms with Crippen molar-refractivity contribution in [2.45, 2.75) is 64.7 Å². The minimum atomic E-state index is -0.0923. The molecule has 0 radical (unpaired) electrons. The van der Waals surface area contributed by atoms with Gasteiger partial charge in [-0.1, -0.05) is 6.92 Å². The number of nitrogens with zero attached hydrogens (tertiary/aromatic N) is 2. The second-order valence-electron chi connectivity index (χ2n) is 6.88. The number of aryl methyl sites for hydroxylation is 1. The number of anilines is 1. The van der Waals surface area contributed by atoms with Crippen LogP contribution in [0.4, 0.5) is 5.13 Å². The first kappa shape index (κ1) is 15.3. The number of ether oxygens (including phenoxy) is 1. The number of hydrogen-bond acceptors (Lipinski definition) is 5. The zero-order valence-corrected chi connectivity index (χ0v) is 14.4. The van der Waals surface area contributed by atoms with Gasteiger partial charge in [0, 0.05) is 18.0 Å². The van der Waals surface area contributed by atoms with E-state index in [9.17, 15) is 0 Å². The molecule has 0 aromatic carbocycles. The van der Waals surface area contributed by atoms with E-state index in [1.807, 2.05) is 11.3 Å². The summed E-state index contributed by atoms with van der Waals surface area (Å²) in [4.78, 5) is 8.90. The maximum absolute atomic E-state index is 6.01. The van der Waals surface area contributed by atoms with Crippen molar-refractivity contribution in [1.29, 1.82) is 0 Å². The Morgan fingerprint density at radius 1 is 1.48 bits per heavy atom. The Morgan fingerprint density at radius 3 is 3.00 bits per heavy atom. The van der Waals surface area contributed by atoms with E-state index in [1.165, 1.54) is 35.0 Å². The molecular weight excluding hydrogens is 282 g/mol. The molecule has 118 valence electrons. The Kier molecular flexibility index (Phi) is 4.26. The van der Waals surface area contributed by atoms with Crippen molar-refractivity contribution in [2.75, 3.05) is 24.5 Å². The lowest BCUT2D eigenvalue weighted by atomic mass is 9.98. The number of rotatable bonds is 3. The second-order valence-corrected chi connectivity index (χ2v) is 7.94. The molecule has 21 heavy (non-hydrogen) atoms. The largest absolute Gasteiger partial charge is 0.369 e. The molecule has 1 aromatic heterocycles. The van der Waals surface area contributed by atoms with Crippen LogP contribution in [0.3, 0.4) is 0 Å². The smallest absolute Gasteiger partial charge is 0.186 e. The number of morpholine rings is 1. The molecule has 2 unspecified atom stereocenters. The van der Waals surface area contributed by atoms with Crippen molar-refractivity contribution in [3.05, 3.63) is 10.6 Å². The SMILES string of the molecule is CCNC1CCCc2sc(N3CC(C)OC(C)(C)C3)nc21. The molecule has 1 aromatic rings. The summed E-state index contributed by atoms with van der Waals surface area (Å²) in [6, 6.07) is 0.454. The molecule has 2 aliphatic rings. The Morgan fingerprint density at radius 2 is 2.29 bits per heavy atom. The van der Waals surface area contributed by atoms with Crippen LogP contribution >= 0.6 is 11.3 Å². The lowest BCUT2D eigenvalue weighted by molar-refractivity contribution is -0.0749. The summed E-state index contributed by atoms with van der Waals surface area (Å²) in [5, 5.41) is 4.77. The van der Waals surface area contributed by atoms with E-state index < -0.39 is 0 Å². The first-order chi connectivity index (χ1) is 9.98. The maximum Gasteiger partial charge on any atom is 0.186 e. The van der Waals surface area contributed by atoms with E-state index in [0.29, 0.717) is 6.04 Å². The summed E-state index contributed by atoms with van der Waals surface area (Å²) >= 11 is 1.89. The van der Waals surface area contributed by atoms with Gasteiger partial charge in [0.25, 0.3) is 0 Å². The topological polar surface area (TPSA) is 37.4 Å². The van der Waals surface area contributed by atoms with Crippen LogP contribution in [0.15, 0.2) is 0 Å². The van der Waals surface area contributed by atoms with Crippen molar-refractivity contribution >= 4 is 16.5 Å². The Bertz CT molecular complexity index is 500. The van der Waals surface area contributed by atoms with Crippen LogP contribution in [0.25, 0.3) is 0 Å². The minimum Gasteiger partial charge on any atom is -0.369 e. The van der Waals surface area contributed by atoms with E-state index in [0.717, 1.165) is 19.6 Å². The van der Waals surface area contributed by atoms with Gasteiger partial charge >= 0.3 is 0 Å². The van der Waals surface area contributed by atoms with E-state index in [4.69, 9.17) is 9.72 Å². The molecule has 2 heterocycles. The lowest BCUT2D eigenvalue weighted by Crippen LogP contribution is -2.52. The third-order valence-corrected chi connectivity index (χ3v) is 5.43. The lowest BCUT2D eigenvalue weighted by Gasteiger charge is -2.41. The molecule has 0 spiro atoms. The first-order valence-electron chi connectivity index (χ1n) is 8.14. The summed E-state index contributed by atoms with van der Waals surface area (Å²) in [5.74, 6) is 0. The molecule has 0 saturated carbocycles. The predicted molar refractivity (Wildman–Crippen MR) is 88.3 cm³/mol. The molecule has 5 heteroatoms. The molecule has 1 fully saturated rings. The van der Waals surface area contributed by atoms with Gasteiger partial charge in [0.1, 0.15) is 0 Å². The molecule has 4 nitrogen and oxygen atoms in total. The van der Waals surface area contributed by atoms with Crippen LogP contribution in [0.2, 0.25) is 0 Å². The number of hydrogen-bond donors (Lipinski definition) is 1. The summed E-state index contributed by atoms with van der Waals surface area (Å²) in [5.41, 5.74) is 1.21. The van der Waals surface area contributed by atoms with Crippen molar-refractivity contribution in [2.24, 2.45) is 0 Å². The quantitative estimate of drug-likeness (QED) is 0.931. The third kappa shape index (κ3) is 3.25. The monoisotopic (exact) mass is 309 g/mol. The molecule has 2 atom stereocenters. The van der Waals surface area contributed by atoms with Crippen molar-refractivity contribution in [3.63, 3.8) is 0 Å². The number of fused-ring (bicyclic) bond motifs is 1. The molecule has 3 rings (SSSR count). The number of nitrogens with one attached hydrogen (secondary N) is 1. The molecule has 1 saturated heterocycles. The average Bonchev–Trinajstić information content (AvgIpc) is 2.81. The van der Waals surface area contributed by atoms with Gasteiger partial charge in [-0.15, -0.1) is 11.3 Å².